The summed E-state index contributed by atoms with van der Waals surface area (Å²) < 4.78 is 7.31. The average Bonchev–Trinajstić information content (AvgIpc) is 2.82. The minimum atomic E-state index is -0.291. The van der Waals surface area contributed by atoms with Gasteiger partial charge >= 0.3 is 5.69 Å². The van der Waals surface area contributed by atoms with Crippen LogP contribution < -0.4 is 15.7 Å². The zero-order chi connectivity index (χ0) is 22.3. The quantitative estimate of drug-likeness (QED) is 0.416. The number of carbonyl (C=O) groups excluding carboxylic acids is 1. The first kappa shape index (κ1) is 22.1. The van der Waals surface area contributed by atoms with Gasteiger partial charge < -0.3 is 10.1 Å². The number of fused-ring (bicyclic) bond motifs is 1. The summed E-state index contributed by atoms with van der Waals surface area (Å²) in [7, 11) is 0. The topological polar surface area (TPSA) is 86.1 Å². The number of pyridine rings is 1. The first-order chi connectivity index (χ1) is 15.7. The molecule has 166 valence electrons. The van der Waals surface area contributed by atoms with Crippen LogP contribution in [0.1, 0.15) is 36.7 Å². The van der Waals surface area contributed by atoms with E-state index in [-0.39, 0.29) is 17.3 Å². The maximum absolute atomic E-state index is 12.9. The van der Waals surface area contributed by atoms with Crippen LogP contribution in [0.3, 0.4) is 0 Å². The van der Waals surface area contributed by atoms with Gasteiger partial charge in [-0.25, -0.2) is 4.79 Å². The summed E-state index contributed by atoms with van der Waals surface area (Å²) in [6.45, 7) is 2.83. The van der Waals surface area contributed by atoms with Gasteiger partial charge in [0.1, 0.15) is 10.8 Å². The minimum absolute atomic E-state index is 0.161. The molecule has 0 saturated heterocycles. The lowest BCUT2D eigenvalue weighted by atomic mass is 9.97. The number of ether oxygens (including phenoxy) is 1. The first-order valence-electron chi connectivity index (χ1n) is 10.8. The number of amides is 1. The number of hydrogen-bond acceptors (Lipinski definition) is 6. The molecule has 0 fully saturated rings. The first-order valence-corrected chi connectivity index (χ1v) is 11.8. The van der Waals surface area contributed by atoms with Gasteiger partial charge in [0.15, 0.2) is 0 Å². The Kier molecular flexibility index (Phi) is 7.21. The normalized spacial score (nSPS) is 12.8. The Balaban J connectivity index is 1.51. The summed E-state index contributed by atoms with van der Waals surface area (Å²) in [5.74, 6) is 0.649. The van der Waals surface area contributed by atoms with Crippen molar-refractivity contribution in [2.45, 2.75) is 44.2 Å². The number of benzene rings is 1. The second-order valence-corrected chi connectivity index (χ2v) is 8.47. The van der Waals surface area contributed by atoms with E-state index >= 15 is 0 Å². The maximum Gasteiger partial charge on any atom is 0.349 e. The molecule has 0 radical (unpaired) electrons. The summed E-state index contributed by atoms with van der Waals surface area (Å²) in [5.41, 5.74) is 3.28. The van der Waals surface area contributed by atoms with Crippen molar-refractivity contribution >= 4 is 23.4 Å². The Morgan fingerprint density at radius 3 is 2.78 bits per heavy atom. The van der Waals surface area contributed by atoms with E-state index in [9.17, 15) is 9.59 Å². The Morgan fingerprint density at radius 2 is 1.97 bits per heavy atom. The van der Waals surface area contributed by atoms with Gasteiger partial charge in [-0.2, -0.15) is 4.98 Å². The molecular weight excluding hydrogens is 424 g/mol. The van der Waals surface area contributed by atoms with E-state index in [4.69, 9.17) is 4.74 Å². The summed E-state index contributed by atoms with van der Waals surface area (Å²) in [4.78, 5) is 34.2. The van der Waals surface area contributed by atoms with E-state index in [1.165, 1.54) is 11.8 Å². The molecule has 1 aromatic carbocycles. The second kappa shape index (κ2) is 10.5. The van der Waals surface area contributed by atoms with Gasteiger partial charge in [-0.05, 0) is 56.9 Å². The zero-order valence-corrected chi connectivity index (χ0v) is 18.9. The van der Waals surface area contributed by atoms with Crippen molar-refractivity contribution in [2.75, 3.05) is 17.7 Å². The minimum Gasteiger partial charge on any atom is -0.492 e. The smallest absolute Gasteiger partial charge is 0.349 e. The van der Waals surface area contributed by atoms with Crippen LogP contribution in [0.25, 0.3) is 0 Å². The molecule has 1 amide bonds. The van der Waals surface area contributed by atoms with Gasteiger partial charge in [0.05, 0.1) is 30.3 Å². The highest BCUT2D eigenvalue weighted by molar-refractivity contribution is 8.00. The van der Waals surface area contributed by atoms with Crippen molar-refractivity contribution in [2.24, 2.45) is 0 Å². The summed E-state index contributed by atoms with van der Waals surface area (Å²) in [6, 6.07) is 13.0. The van der Waals surface area contributed by atoms with Crippen molar-refractivity contribution in [1.29, 1.82) is 0 Å². The van der Waals surface area contributed by atoms with Crippen molar-refractivity contribution < 1.29 is 9.53 Å². The fraction of sp³-hybridized carbons (Fsp3) is 0.333. The predicted octanol–water partition coefficient (Wildman–Crippen LogP) is 3.69. The van der Waals surface area contributed by atoms with E-state index in [0.717, 1.165) is 42.6 Å². The van der Waals surface area contributed by atoms with Gasteiger partial charge in [-0.3, -0.25) is 14.3 Å². The van der Waals surface area contributed by atoms with Crippen molar-refractivity contribution in [3.8, 4) is 5.75 Å². The summed E-state index contributed by atoms with van der Waals surface area (Å²) in [5, 5.41) is 3.56. The maximum atomic E-state index is 12.9. The Bertz CT molecular complexity index is 1150. The number of thioether (sulfide) groups is 1. The van der Waals surface area contributed by atoms with Crippen LogP contribution in [-0.2, 0) is 24.2 Å². The third kappa shape index (κ3) is 5.19. The highest BCUT2D eigenvalue weighted by Gasteiger charge is 2.21. The number of nitrogens with zero attached hydrogens (tertiary/aromatic N) is 3. The summed E-state index contributed by atoms with van der Waals surface area (Å²) in [6.07, 6.45) is 5.52. The Labute approximate surface area is 191 Å². The van der Waals surface area contributed by atoms with E-state index in [2.05, 4.69) is 15.3 Å². The number of rotatable bonds is 8. The zero-order valence-electron chi connectivity index (χ0n) is 18.0. The number of nitrogens with one attached hydrogen (secondary N) is 1. The van der Waals surface area contributed by atoms with Gasteiger partial charge in [0.25, 0.3) is 0 Å². The van der Waals surface area contributed by atoms with Gasteiger partial charge in [-0.15, -0.1) is 0 Å². The SMILES string of the molecule is CCOc1ccccc1NC(=O)CSc1nc(=O)n(Cc2ccccn2)c2c1CCCC2. The molecule has 1 aliphatic carbocycles. The molecule has 0 saturated carbocycles. The van der Waals surface area contributed by atoms with Gasteiger partial charge in [-0.1, -0.05) is 30.0 Å². The molecule has 3 aromatic rings. The highest BCUT2D eigenvalue weighted by Crippen LogP contribution is 2.29. The molecule has 2 heterocycles. The van der Waals surface area contributed by atoms with E-state index in [1.807, 2.05) is 49.4 Å². The second-order valence-electron chi connectivity index (χ2n) is 7.51. The van der Waals surface area contributed by atoms with Crippen LogP contribution in [-0.4, -0.2) is 32.8 Å². The molecule has 0 atom stereocenters. The van der Waals surface area contributed by atoms with Crippen LogP contribution in [0, 0.1) is 0 Å². The van der Waals surface area contributed by atoms with Crippen molar-refractivity contribution in [3.63, 3.8) is 0 Å². The molecule has 0 bridgehead atoms. The van der Waals surface area contributed by atoms with Crippen molar-refractivity contribution in [1.82, 2.24) is 14.5 Å². The van der Waals surface area contributed by atoms with Crippen LogP contribution in [0.5, 0.6) is 5.75 Å². The third-order valence-corrected chi connectivity index (χ3v) is 6.32. The largest absolute Gasteiger partial charge is 0.492 e. The number of carbonyl (C=O) groups is 1. The fourth-order valence-corrected chi connectivity index (χ4v) is 4.73. The third-order valence-electron chi connectivity index (χ3n) is 5.30. The lowest BCUT2D eigenvalue weighted by molar-refractivity contribution is -0.113. The van der Waals surface area contributed by atoms with E-state index in [1.54, 1.807) is 10.8 Å². The lowest BCUT2D eigenvalue weighted by Gasteiger charge is -2.22. The highest BCUT2D eigenvalue weighted by atomic mass is 32.2. The molecule has 7 nitrogen and oxygen atoms in total. The van der Waals surface area contributed by atoms with Crippen molar-refractivity contribution in [3.05, 3.63) is 76.1 Å². The van der Waals surface area contributed by atoms with E-state index in [0.29, 0.717) is 29.6 Å². The molecule has 2 aromatic heterocycles. The van der Waals surface area contributed by atoms with E-state index < -0.39 is 0 Å². The van der Waals surface area contributed by atoms with Crippen LogP contribution in [0.15, 0.2) is 58.5 Å². The van der Waals surface area contributed by atoms with Gasteiger partial charge in [0, 0.05) is 17.5 Å². The van der Waals surface area contributed by atoms with Crippen LogP contribution in [0.2, 0.25) is 0 Å². The molecule has 0 aliphatic heterocycles. The monoisotopic (exact) mass is 450 g/mol. The lowest BCUT2D eigenvalue weighted by Crippen LogP contribution is -2.31. The van der Waals surface area contributed by atoms with Gasteiger partial charge in [0.2, 0.25) is 5.91 Å². The average molecular weight is 451 g/mol. The molecular formula is C24H26N4O3S. The Hall–Kier alpha value is -3.13. The molecule has 8 heteroatoms. The fourth-order valence-electron chi connectivity index (χ4n) is 3.86. The summed E-state index contributed by atoms with van der Waals surface area (Å²) >= 11 is 1.32. The number of hydrogen-bond donors (Lipinski definition) is 1. The Morgan fingerprint density at radius 1 is 1.16 bits per heavy atom. The van der Waals surface area contributed by atoms with Crippen LogP contribution >= 0.6 is 11.8 Å². The molecule has 1 N–H and O–H groups in total. The number of aromatic nitrogens is 3. The molecule has 0 unspecified atom stereocenters. The number of para-hydroxylation sites is 2. The molecule has 0 spiro atoms. The molecule has 1 aliphatic rings. The predicted molar refractivity (Wildman–Crippen MR) is 125 cm³/mol. The molecule has 32 heavy (non-hydrogen) atoms. The standard InChI is InChI=1S/C24H26N4O3S/c1-2-31-21-13-6-4-11-19(21)26-22(29)16-32-23-18-10-3-5-12-20(18)28(24(30)27-23)15-17-9-7-8-14-25-17/h4,6-9,11,13-14H,2-3,5,10,12,15-16H2,1H3,(H,26,29). The van der Waals surface area contributed by atoms with Crippen LogP contribution in [0.4, 0.5) is 5.69 Å². The molecule has 4 rings (SSSR count). The number of anilines is 1.